The lowest BCUT2D eigenvalue weighted by Crippen LogP contribution is -2.47. The molecule has 1 aliphatic rings. The van der Waals surface area contributed by atoms with Crippen LogP contribution in [0.1, 0.15) is 5.56 Å². The third-order valence-corrected chi connectivity index (χ3v) is 4.76. The van der Waals surface area contributed by atoms with Crippen LogP contribution in [0.25, 0.3) is 0 Å². The SMILES string of the molecule is COc1ccccc1OCCN1CCN(CCc2ccccc2)CC1. The zero-order valence-corrected chi connectivity index (χ0v) is 15.1. The van der Waals surface area contributed by atoms with Crippen molar-refractivity contribution in [2.24, 2.45) is 0 Å². The van der Waals surface area contributed by atoms with E-state index in [4.69, 9.17) is 9.47 Å². The fourth-order valence-electron chi connectivity index (χ4n) is 3.19. The van der Waals surface area contributed by atoms with E-state index in [2.05, 4.69) is 40.1 Å². The quantitative estimate of drug-likeness (QED) is 0.738. The summed E-state index contributed by atoms with van der Waals surface area (Å²) in [6.07, 6.45) is 1.14. The summed E-state index contributed by atoms with van der Waals surface area (Å²) in [6.45, 7) is 7.32. The van der Waals surface area contributed by atoms with Gasteiger partial charge in [0.1, 0.15) is 6.61 Å². The van der Waals surface area contributed by atoms with Crippen molar-refractivity contribution < 1.29 is 9.47 Å². The van der Waals surface area contributed by atoms with Gasteiger partial charge in [0.15, 0.2) is 11.5 Å². The Kier molecular flexibility index (Phi) is 6.71. The molecule has 0 aromatic heterocycles. The van der Waals surface area contributed by atoms with Gasteiger partial charge in [-0.15, -0.1) is 0 Å². The molecule has 0 amide bonds. The average Bonchev–Trinajstić information content (AvgIpc) is 2.68. The molecule has 2 aromatic rings. The molecule has 2 aromatic carbocycles. The van der Waals surface area contributed by atoms with Gasteiger partial charge in [0.05, 0.1) is 7.11 Å². The number of piperazine rings is 1. The van der Waals surface area contributed by atoms with Crippen molar-refractivity contribution in [1.82, 2.24) is 9.80 Å². The molecule has 0 spiro atoms. The molecule has 0 unspecified atom stereocenters. The van der Waals surface area contributed by atoms with E-state index in [0.29, 0.717) is 6.61 Å². The summed E-state index contributed by atoms with van der Waals surface area (Å²) in [5.74, 6) is 1.62. The number of nitrogens with zero attached hydrogens (tertiary/aromatic N) is 2. The molecule has 4 heteroatoms. The van der Waals surface area contributed by atoms with Crippen LogP contribution >= 0.6 is 0 Å². The van der Waals surface area contributed by atoms with Crippen LogP contribution in [-0.2, 0) is 6.42 Å². The van der Waals surface area contributed by atoms with Crippen molar-refractivity contribution in [1.29, 1.82) is 0 Å². The molecule has 1 saturated heterocycles. The van der Waals surface area contributed by atoms with E-state index in [1.807, 2.05) is 24.3 Å². The smallest absolute Gasteiger partial charge is 0.161 e. The lowest BCUT2D eigenvalue weighted by atomic mass is 10.1. The minimum absolute atomic E-state index is 0.699. The Morgan fingerprint density at radius 2 is 1.36 bits per heavy atom. The van der Waals surface area contributed by atoms with Crippen molar-refractivity contribution in [2.75, 3.05) is 53.0 Å². The second-order valence-corrected chi connectivity index (χ2v) is 6.42. The van der Waals surface area contributed by atoms with E-state index in [1.54, 1.807) is 7.11 Å². The predicted molar refractivity (Wildman–Crippen MR) is 102 cm³/mol. The lowest BCUT2D eigenvalue weighted by molar-refractivity contribution is 0.117. The van der Waals surface area contributed by atoms with Crippen molar-refractivity contribution in [3.8, 4) is 11.5 Å². The predicted octanol–water partition coefficient (Wildman–Crippen LogP) is 2.93. The molecule has 0 bridgehead atoms. The Morgan fingerprint density at radius 3 is 2.04 bits per heavy atom. The van der Waals surface area contributed by atoms with Gasteiger partial charge < -0.3 is 14.4 Å². The first-order valence-electron chi connectivity index (χ1n) is 9.09. The first-order valence-corrected chi connectivity index (χ1v) is 9.09. The molecule has 4 nitrogen and oxygen atoms in total. The second-order valence-electron chi connectivity index (χ2n) is 6.42. The number of hydrogen-bond donors (Lipinski definition) is 0. The van der Waals surface area contributed by atoms with Crippen LogP contribution in [0, 0.1) is 0 Å². The van der Waals surface area contributed by atoms with Crippen LogP contribution < -0.4 is 9.47 Å². The minimum atomic E-state index is 0.699. The van der Waals surface area contributed by atoms with Crippen LogP contribution in [0.3, 0.4) is 0 Å². The summed E-state index contributed by atoms with van der Waals surface area (Å²) in [6, 6.07) is 18.6. The van der Waals surface area contributed by atoms with Gasteiger partial charge in [0.25, 0.3) is 0 Å². The average molecular weight is 340 g/mol. The van der Waals surface area contributed by atoms with Crippen LogP contribution in [0.4, 0.5) is 0 Å². The molecule has 0 radical (unpaired) electrons. The topological polar surface area (TPSA) is 24.9 Å². The number of para-hydroxylation sites is 2. The van der Waals surface area contributed by atoms with Crippen LogP contribution in [0.15, 0.2) is 54.6 Å². The van der Waals surface area contributed by atoms with Crippen LogP contribution in [0.2, 0.25) is 0 Å². The molecule has 25 heavy (non-hydrogen) atoms. The molecular formula is C21H28N2O2. The van der Waals surface area contributed by atoms with Crippen molar-refractivity contribution in [2.45, 2.75) is 6.42 Å². The minimum Gasteiger partial charge on any atom is -0.493 e. The van der Waals surface area contributed by atoms with E-state index in [-0.39, 0.29) is 0 Å². The van der Waals surface area contributed by atoms with Crippen LogP contribution in [-0.4, -0.2) is 62.8 Å². The van der Waals surface area contributed by atoms with E-state index in [0.717, 1.165) is 57.2 Å². The molecule has 1 fully saturated rings. The maximum absolute atomic E-state index is 5.88. The van der Waals surface area contributed by atoms with Gasteiger partial charge in [-0.05, 0) is 24.1 Å². The van der Waals surface area contributed by atoms with Gasteiger partial charge >= 0.3 is 0 Å². The summed E-state index contributed by atoms with van der Waals surface area (Å²) in [7, 11) is 1.68. The number of rotatable bonds is 8. The summed E-state index contributed by atoms with van der Waals surface area (Å²) >= 11 is 0. The molecule has 0 aliphatic carbocycles. The Hall–Kier alpha value is -2.04. The van der Waals surface area contributed by atoms with E-state index in [9.17, 15) is 0 Å². The Labute approximate surface area is 151 Å². The third-order valence-electron chi connectivity index (χ3n) is 4.76. The van der Waals surface area contributed by atoms with Crippen molar-refractivity contribution in [3.05, 3.63) is 60.2 Å². The number of ether oxygens (including phenoxy) is 2. The van der Waals surface area contributed by atoms with E-state index in [1.165, 1.54) is 5.56 Å². The fraction of sp³-hybridized carbons (Fsp3) is 0.429. The highest BCUT2D eigenvalue weighted by atomic mass is 16.5. The molecule has 1 heterocycles. The highest BCUT2D eigenvalue weighted by molar-refractivity contribution is 5.39. The van der Waals surface area contributed by atoms with Crippen molar-refractivity contribution >= 4 is 0 Å². The van der Waals surface area contributed by atoms with Gasteiger partial charge in [-0.2, -0.15) is 0 Å². The maximum atomic E-state index is 5.88. The largest absolute Gasteiger partial charge is 0.493 e. The Morgan fingerprint density at radius 1 is 0.760 bits per heavy atom. The summed E-state index contributed by atoms with van der Waals surface area (Å²) < 4.78 is 11.2. The standard InChI is InChI=1S/C21H28N2O2/c1-24-20-9-5-6-10-21(20)25-18-17-23-15-13-22(14-16-23)12-11-19-7-3-2-4-8-19/h2-10H,11-18H2,1H3. The normalized spacial score (nSPS) is 15.9. The Balaban J connectivity index is 1.34. The first-order chi connectivity index (χ1) is 12.3. The summed E-state index contributed by atoms with van der Waals surface area (Å²) in [5.41, 5.74) is 1.43. The molecule has 0 N–H and O–H groups in total. The van der Waals surface area contributed by atoms with Gasteiger partial charge in [-0.3, -0.25) is 4.90 Å². The number of benzene rings is 2. The first kappa shape index (κ1) is 17.8. The monoisotopic (exact) mass is 340 g/mol. The number of hydrogen-bond acceptors (Lipinski definition) is 4. The second kappa shape index (κ2) is 9.44. The summed E-state index contributed by atoms with van der Waals surface area (Å²) in [5, 5.41) is 0. The molecule has 0 saturated carbocycles. The van der Waals surface area contributed by atoms with Gasteiger partial charge in [0, 0.05) is 39.3 Å². The zero-order chi connectivity index (χ0) is 17.3. The van der Waals surface area contributed by atoms with Gasteiger partial charge in [0.2, 0.25) is 0 Å². The van der Waals surface area contributed by atoms with Gasteiger partial charge in [-0.1, -0.05) is 42.5 Å². The molecule has 0 atom stereocenters. The van der Waals surface area contributed by atoms with Crippen molar-refractivity contribution in [3.63, 3.8) is 0 Å². The zero-order valence-electron chi connectivity index (χ0n) is 15.1. The van der Waals surface area contributed by atoms with Crippen LogP contribution in [0.5, 0.6) is 11.5 Å². The molecule has 134 valence electrons. The molecular weight excluding hydrogens is 312 g/mol. The Bertz CT molecular complexity index is 625. The highest BCUT2D eigenvalue weighted by Crippen LogP contribution is 2.25. The molecule has 1 aliphatic heterocycles. The number of methoxy groups -OCH3 is 1. The lowest BCUT2D eigenvalue weighted by Gasteiger charge is -2.34. The third kappa shape index (κ3) is 5.48. The molecule has 3 rings (SSSR count). The maximum Gasteiger partial charge on any atom is 0.161 e. The van der Waals surface area contributed by atoms with Gasteiger partial charge in [-0.25, -0.2) is 0 Å². The van der Waals surface area contributed by atoms with E-state index >= 15 is 0 Å². The highest BCUT2D eigenvalue weighted by Gasteiger charge is 2.16. The summed E-state index contributed by atoms with van der Waals surface area (Å²) in [4.78, 5) is 5.04. The fourth-order valence-corrected chi connectivity index (χ4v) is 3.19. The van der Waals surface area contributed by atoms with E-state index < -0.39 is 0 Å².